The van der Waals surface area contributed by atoms with Crippen LogP contribution in [0.2, 0.25) is 0 Å². The second-order valence-corrected chi connectivity index (χ2v) is 10.0. The Labute approximate surface area is 237 Å². The fourth-order valence-electron chi connectivity index (χ4n) is 4.91. The van der Waals surface area contributed by atoms with Gasteiger partial charge in [-0.1, -0.05) is 54.1 Å². The number of anilines is 3. The fraction of sp³-hybridized carbons (Fsp3) is 0.152. The Kier molecular flexibility index (Phi) is 7.65. The normalized spacial score (nSPS) is 12.9. The van der Waals surface area contributed by atoms with Crippen LogP contribution in [-0.2, 0) is 9.59 Å². The van der Waals surface area contributed by atoms with Crippen LogP contribution in [0, 0.1) is 13.8 Å². The van der Waals surface area contributed by atoms with E-state index in [1.165, 1.54) is 9.80 Å². The highest BCUT2D eigenvalue weighted by molar-refractivity contribution is 6.12. The second kappa shape index (κ2) is 11.5. The lowest BCUT2D eigenvalue weighted by Crippen LogP contribution is -2.35. The van der Waals surface area contributed by atoms with Gasteiger partial charge in [-0.05, 0) is 73.0 Å². The molecule has 8 nitrogen and oxygen atoms in total. The van der Waals surface area contributed by atoms with Crippen LogP contribution in [0.25, 0.3) is 11.1 Å². The van der Waals surface area contributed by atoms with Crippen molar-refractivity contribution in [1.29, 1.82) is 0 Å². The number of rotatable bonds is 6. The molecule has 0 saturated carbocycles. The van der Waals surface area contributed by atoms with Gasteiger partial charge in [0.15, 0.2) is 0 Å². The van der Waals surface area contributed by atoms with Crippen molar-refractivity contribution in [3.05, 3.63) is 113 Å². The topological polar surface area (TPSA) is 107 Å². The van der Waals surface area contributed by atoms with Crippen LogP contribution in [0.5, 0.6) is 0 Å². The minimum absolute atomic E-state index is 0.0126. The summed E-state index contributed by atoms with van der Waals surface area (Å²) in [6.07, 6.45) is -0.0126. The van der Waals surface area contributed by atoms with Crippen molar-refractivity contribution >= 4 is 40.8 Å². The molecule has 4 aromatic rings. The van der Waals surface area contributed by atoms with E-state index in [1.54, 1.807) is 48.5 Å². The van der Waals surface area contributed by atoms with Crippen LogP contribution in [0.3, 0.4) is 0 Å². The number of benzene rings is 4. The highest BCUT2D eigenvalue weighted by Gasteiger charge is 2.31. The number of nitrogens with zero attached hydrogens (tertiary/aromatic N) is 2. The summed E-state index contributed by atoms with van der Waals surface area (Å²) in [4.78, 5) is 53.8. The van der Waals surface area contributed by atoms with Gasteiger partial charge >= 0.3 is 5.97 Å². The summed E-state index contributed by atoms with van der Waals surface area (Å²) in [5, 5.41) is 12.3. The third-order valence-corrected chi connectivity index (χ3v) is 7.03. The molecule has 0 radical (unpaired) electrons. The standard InChI is InChI=1S/C33H29N3O5/c1-21-7-10-23(11-8-21)26-5-3-4-6-27(26)32(40)34-25-14-12-24(13-15-25)33(41)35-18-17-30(37)36(20-31(38)39)28-16-9-22(2)19-29(28)35/h3-16,19H,17-18,20H2,1-2H3,(H,34,40)(H,38,39). The maximum absolute atomic E-state index is 13.6. The first-order valence-electron chi connectivity index (χ1n) is 13.2. The first kappa shape index (κ1) is 27.3. The van der Waals surface area contributed by atoms with E-state index >= 15 is 0 Å². The zero-order valence-corrected chi connectivity index (χ0v) is 22.8. The summed E-state index contributed by atoms with van der Waals surface area (Å²) in [5.74, 6) is -2.10. The smallest absolute Gasteiger partial charge is 0.323 e. The average molecular weight is 548 g/mol. The highest BCUT2D eigenvalue weighted by atomic mass is 16.4. The quantitative estimate of drug-likeness (QED) is 0.323. The van der Waals surface area contributed by atoms with Crippen LogP contribution >= 0.6 is 0 Å². The number of carbonyl (C=O) groups is 4. The van der Waals surface area contributed by atoms with Gasteiger partial charge in [0.2, 0.25) is 5.91 Å². The molecule has 0 saturated heterocycles. The van der Waals surface area contributed by atoms with Crippen molar-refractivity contribution in [2.75, 3.05) is 28.2 Å². The summed E-state index contributed by atoms with van der Waals surface area (Å²) >= 11 is 0. The molecular formula is C33H29N3O5. The van der Waals surface area contributed by atoms with E-state index in [0.29, 0.717) is 28.2 Å². The largest absolute Gasteiger partial charge is 0.480 e. The maximum Gasteiger partial charge on any atom is 0.323 e. The lowest BCUT2D eigenvalue weighted by Gasteiger charge is -2.25. The molecule has 4 aromatic carbocycles. The average Bonchev–Trinajstić information content (AvgIpc) is 3.09. The number of carboxylic acids is 1. The Bertz CT molecular complexity index is 1640. The van der Waals surface area contributed by atoms with Crippen molar-refractivity contribution in [2.24, 2.45) is 0 Å². The predicted molar refractivity (Wildman–Crippen MR) is 158 cm³/mol. The van der Waals surface area contributed by atoms with Gasteiger partial charge in [0.05, 0.1) is 11.4 Å². The summed E-state index contributed by atoms with van der Waals surface area (Å²) in [7, 11) is 0. The third-order valence-electron chi connectivity index (χ3n) is 7.03. The van der Waals surface area contributed by atoms with Crippen LogP contribution in [0.15, 0.2) is 91.0 Å². The fourth-order valence-corrected chi connectivity index (χ4v) is 4.91. The molecule has 8 heteroatoms. The van der Waals surface area contributed by atoms with Gasteiger partial charge in [-0.3, -0.25) is 24.1 Å². The predicted octanol–water partition coefficient (Wildman–Crippen LogP) is 5.69. The summed E-state index contributed by atoms with van der Waals surface area (Å²) in [5.41, 5.74) is 6.05. The van der Waals surface area contributed by atoms with Crippen LogP contribution in [0.1, 0.15) is 38.3 Å². The zero-order valence-electron chi connectivity index (χ0n) is 22.8. The molecular weight excluding hydrogens is 518 g/mol. The monoisotopic (exact) mass is 547 g/mol. The SMILES string of the molecule is Cc1ccc(-c2ccccc2C(=O)Nc2ccc(C(=O)N3CCC(=O)N(CC(=O)O)c4ccc(C)cc43)cc2)cc1. The van der Waals surface area contributed by atoms with Crippen molar-refractivity contribution in [3.8, 4) is 11.1 Å². The van der Waals surface area contributed by atoms with E-state index in [4.69, 9.17) is 0 Å². The van der Waals surface area contributed by atoms with E-state index in [-0.39, 0.29) is 30.7 Å². The third kappa shape index (κ3) is 5.86. The molecule has 41 heavy (non-hydrogen) atoms. The van der Waals surface area contributed by atoms with E-state index in [2.05, 4.69) is 5.32 Å². The van der Waals surface area contributed by atoms with Gasteiger partial charge in [0.25, 0.3) is 11.8 Å². The summed E-state index contributed by atoms with van der Waals surface area (Å²) < 4.78 is 0. The molecule has 0 spiro atoms. The Balaban J connectivity index is 1.37. The lowest BCUT2D eigenvalue weighted by molar-refractivity contribution is -0.136. The molecule has 1 heterocycles. The Hall–Kier alpha value is -5.24. The first-order valence-corrected chi connectivity index (χ1v) is 13.2. The molecule has 0 unspecified atom stereocenters. The van der Waals surface area contributed by atoms with Gasteiger partial charge in [0.1, 0.15) is 6.54 Å². The number of aryl methyl sites for hydroxylation is 2. The molecule has 1 aliphatic heterocycles. The molecule has 0 atom stereocenters. The van der Waals surface area contributed by atoms with Crippen LogP contribution in [0.4, 0.5) is 17.1 Å². The molecule has 206 valence electrons. The van der Waals surface area contributed by atoms with Gasteiger partial charge in [0, 0.05) is 29.8 Å². The van der Waals surface area contributed by atoms with E-state index in [9.17, 15) is 24.3 Å². The van der Waals surface area contributed by atoms with Crippen molar-refractivity contribution in [1.82, 2.24) is 0 Å². The molecule has 0 aliphatic carbocycles. The zero-order chi connectivity index (χ0) is 29.1. The van der Waals surface area contributed by atoms with E-state index in [1.807, 2.05) is 56.3 Å². The highest BCUT2D eigenvalue weighted by Crippen LogP contribution is 2.35. The number of aliphatic carboxylic acids is 1. The number of fused-ring (bicyclic) bond motifs is 1. The minimum Gasteiger partial charge on any atom is -0.480 e. The van der Waals surface area contributed by atoms with Gasteiger partial charge in [-0.25, -0.2) is 0 Å². The second-order valence-electron chi connectivity index (χ2n) is 10.0. The molecule has 1 aliphatic rings. The summed E-state index contributed by atoms with van der Waals surface area (Å²) in [6, 6.07) is 27.2. The van der Waals surface area contributed by atoms with Crippen molar-refractivity contribution in [2.45, 2.75) is 20.3 Å². The minimum atomic E-state index is -1.14. The molecule has 3 amide bonds. The molecule has 5 rings (SSSR count). The van der Waals surface area contributed by atoms with Gasteiger partial charge in [-0.15, -0.1) is 0 Å². The number of hydrogen-bond acceptors (Lipinski definition) is 4. The van der Waals surface area contributed by atoms with Gasteiger partial charge in [-0.2, -0.15) is 0 Å². The Morgan fingerprint density at radius 3 is 2.22 bits per heavy atom. The van der Waals surface area contributed by atoms with Crippen molar-refractivity contribution < 1.29 is 24.3 Å². The molecule has 0 aromatic heterocycles. The number of nitrogens with one attached hydrogen (secondary N) is 1. The first-order chi connectivity index (χ1) is 19.7. The molecule has 2 N–H and O–H groups in total. The van der Waals surface area contributed by atoms with E-state index < -0.39 is 12.5 Å². The Morgan fingerprint density at radius 2 is 1.51 bits per heavy atom. The number of carboxylic acid groups (broad SMARTS) is 1. The Morgan fingerprint density at radius 1 is 0.829 bits per heavy atom. The van der Waals surface area contributed by atoms with Crippen LogP contribution in [-0.4, -0.2) is 41.9 Å². The van der Waals surface area contributed by atoms with Crippen LogP contribution < -0.4 is 15.1 Å². The summed E-state index contributed by atoms with van der Waals surface area (Å²) in [6.45, 7) is 3.50. The number of hydrogen-bond donors (Lipinski definition) is 2. The van der Waals surface area contributed by atoms with Crippen molar-refractivity contribution in [3.63, 3.8) is 0 Å². The maximum atomic E-state index is 13.6. The lowest BCUT2D eigenvalue weighted by atomic mass is 9.98. The number of carbonyl (C=O) groups excluding carboxylic acids is 3. The molecule has 0 fully saturated rings. The van der Waals surface area contributed by atoms with Gasteiger partial charge < -0.3 is 15.3 Å². The number of amides is 3. The molecule has 0 bridgehead atoms. The van der Waals surface area contributed by atoms with E-state index in [0.717, 1.165) is 22.3 Å².